The number of phenols is 3. The van der Waals surface area contributed by atoms with Crippen LogP contribution in [0.25, 0.3) is 0 Å². The van der Waals surface area contributed by atoms with Crippen LogP contribution in [-0.4, -0.2) is 32.3 Å². The van der Waals surface area contributed by atoms with Gasteiger partial charge < -0.3 is 15.3 Å². The molecule has 0 aliphatic heterocycles. The Labute approximate surface area is 154 Å². The molecule has 3 rings (SSSR count). The predicted molar refractivity (Wildman–Crippen MR) is 99.6 cm³/mol. The Balaban J connectivity index is 0.00000208. The maximum Gasteiger partial charge on any atom is 0.206 e. The molecule has 24 heavy (non-hydrogen) atoms. The van der Waals surface area contributed by atoms with E-state index in [1.165, 1.54) is 42.5 Å². The Morgan fingerprint density at radius 2 is 1.88 bits per heavy atom. The van der Waals surface area contributed by atoms with E-state index in [0.717, 1.165) is 23.3 Å². The summed E-state index contributed by atoms with van der Waals surface area (Å²) >= 11 is 1.54. The second kappa shape index (κ2) is 7.85. The Kier molecular flexibility index (Phi) is 6.06. The van der Waals surface area contributed by atoms with Crippen molar-refractivity contribution >= 4 is 34.5 Å². The van der Waals surface area contributed by atoms with Crippen molar-refractivity contribution in [2.45, 2.75) is 38.6 Å². The lowest BCUT2D eigenvalue weighted by Gasteiger charge is -2.04. The number of hydrogen-bond acceptors (Lipinski definition) is 6. The first kappa shape index (κ1) is 18.5. The van der Waals surface area contributed by atoms with Gasteiger partial charge in [-0.05, 0) is 31.9 Å². The van der Waals surface area contributed by atoms with Crippen LogP contribution in [0.5, 0.6) is 17.2 Å². The van der Waals surface area contributed by atoms with Crippen molar-refractivity contribution in [1.82, 2.24) is 4.68 Å². The first-order valence-electron chi connectivity index (χ1n) is 7.55. The van der Waals surface area contributed by atoms with Gasteiger partial charge in [-0.3, -0.25) is 4.99 Å². The third-order valence-corrected chi connectivity index (χ3v) is 4.89. The van der Waals surface area contributed by atoms with Crippen LogP contribution in [0, 0.1) is 6.92 Å². The predicted octanol–water partition coefficient (Wildman–Crippen LogP) is 3.28. The Bertz CT molecular complexity index is 807. The van der Waals surface area contributed by atoms with Crippen LogP contribution in [0.1, 0.15) is 36.9 Å². The summed E-state index contributed by atoms with van der Waals surface area (Å²) in [6.07, 6.45) is 6.13. The van der Waals surface area contributed by atoms with Crippen molar-refractivity contribution < 1.29 is 15.3 Å². The zero-order valence-electron chi connectivity index (χ0n) is 13.2. The second-order valence-electron chi connectivity index (χ2n) is 5.65. The number of phenolic OH excluding ortho intramolecular Hbond substituents is 3. The minimum Gasteiger partial charge on any atom is -0.504 e. The van der Waals surface area contributed by atoms with Crippen molar-refractivity contribution in [2.24, 2.45) is 10.1 Å². The third kappa shape index (κ3) is 3.81. The van der Waals surface area contributed by atoms with Gasteiger partial charge in [-0.1, -0.05) is 12.8 Å². The highest BCUT2D eigenvalue weighted by Gasteiger charge is 2.14. The lowest BCUT2D eigenvalue weighted by atomic mass is 10.2. The number of halogens is 1. The number of nitrogens with zero attached hydrogens (tertiary/aromatic N) is 3. The number of hydrogen-bond donors (Lipinski definition) is 3. The first-order valence-corrected chi connectivity index (χ1v) is 8.43. The minimum absolute atomic E-state index is 0. The number of aromatic hydroxyl groups is 3. The van der Waals surface area contributed by atoms with Gasteiger partial charge in [0.1, 0.15) is 0 Å². The highest BCUT2D eigenvalue weighted by molar-refractivity contribution is 8.93. The molecule has 1 aromatic heterocycles. The van der Waals surface area contributed by atoms with E-state index in [9.17, 15) is 15.3 Å². The highest BCUT2D eigenvalue weighted by atomic mass is 79.9. The molecule has 0 amide bonds. The Morgan fingerprint density at radius 1 is 1.17 bits per heavy atom. The molecule has 3 N–H and O–H groups in total. The van der Waals surface area contributed by atoms with Gasteiger partial charge in [0.15, 0.2) is 11.5 Å². The summed E-state index contributed by atoms with van der Waals surface area (Å²) in [6, 6.07) is 3.16. The standard InChI is InChI=1S/C16H19N3O3S.BrH/c1-10-9-23-16(18-12-4-2-3-5-12)19(10)17-8-11-6-7-13(20)15(22)14(11)21;/h6-9,12,20-22H,2-5H2,1H3;1H/b17-8+,18-16?;. The van der Waals surface area contributed by atoms with E-state index in [2.05, 4.69) is 5.10 Å². The molecule has 130 valence electrons. The van der Waals surface area contributed by atoms with Gasteiger partial charge in [0.2, 0.25) is 10.6 Å². The lowest BCUT2D eigenvalue weighted by Crippen LogP contribution is -2.15. The summed E-state index contributed by atoms with van der Waals surface area (Å²) < 4.78 is 1.73. The monoisotopic (exact) mass is 413 g/mol. The van der Waals surface area contributed by atoms with E-state index in [1.807, 2.05) is 12.3 Å². The number of aryl methyl sites for hydroxylation is 1. The van der Waals surface area contributed by atoms with Crippen LogP contribution in [0.4, 0.5) is 0 Å². The molecule has 0 spiro atoms. The van der Waals surface area contributed by atoms with Gasteiger partial charge in [-0.2, -0.15) is 5.10 Å². The van der Waals surface area contributed by atoms with E-state index in [1.54, 1.807) is 4.68 Å². The van der Waals surface area contributed by atoms with Crippen LogP contribution in [0.3, 0.4) is 0 Å². The molecule has 2 aromatic rings. The number of rotatable bonds is 3. The van der Waals surface area contributed by atoms with E-state index in [4.69, 9.17) is 4.99 Å². The molecular weight excluding hydrogens is 394 g/mol. The molecule has 0 radical (unpaired) electrons. The fraction of sp³-hybridized carbons (Fsp3) is 0.375. The number of benzene rings is 1. The van der Waals surface area contributed by atoms with Gasteiger partial charge in [0.25, 0.3) is 0 Å². The van der Waals surface area contributed by atoms with Gasteiger partial charge in [0, 0.05) is 10.9 Å². The maximum atomic E-state index is 9.84. The second-order valence-corrected chi connectivity index (χ2v) is 6.49. The molecule has 1 fully saturated rings. The van der Waals surface area contributed by atoms with Crippen molar-refractivity contribution in [2.75, 3.05) is 0 Å². The van der Waals surface area contributed by atoms with Crippen LogP contribution in [0.2, 0.25) is 0 Å². The molecule has 0 atom stereocenters. The summed E-state index contributed by atoms with van der Waals surface area (Å²) in [4.78, 5) is 5.59. The van der Waals surface area contributed by atoms with Gasteiger partial charge >= 0.3 is 0 Å². The zero-order valence-corrected chi connectivity index (χ0v) is 15.7. The SMILES string of the molecule is Br.Cc1csc(=NC2CCCC2)n1/N=C/c1ccc(O)c(O)c1O. The molecule has 0 bridgehead atoms. The fourth-order valence-corrected chi connectivity index (χ4v) is 3.49. The molecule has 1 aromatic carbocycles. The number of thiazole rings is 1. The molecule has 6 nitrogen and oxygen atoms in total. The van der Waals surface area contributed by atoms with Gasteiger partial charge in [0.05, 0.1) is 18.0 Å². The average Bonchev–Trinajstić information content (AvgIpc) is 3.16. The smallest absolute Gasteiger partial charge is 0.206 e. The van der Waals surface area contributed by atoms with Crippen LogP contribution in [0.15, 0.2) is 27.6 Å². The van der Waals surface area contributed by atoms with Crippen LogP contribution < -0.4 is 4.80 Å². The summed E-state index contributed by atoms with van der Waals surface area (Å²) in [5.41, 5.74) is 1.27. The molecular formula is C16H20BrN3O3S. The summed E-state index contributed by atoms with van der Waals surface area (Å²) in [5, 5.41) is 35.1. The lowest BCUT2D eigenvalue weighted by molar-refractivity contribution is 0.367. The zero-order chi connectivity index (χ0) is 16.4. The molecule has 1 aliphatic carbocycles. The van der Waals surface area contributed by atoms with Crippen molar-refractivity contribution in [1.29, 1.82) is 0 Å². The summed E-state index contributed by atoms with van der Waals surface area (Å²) in [5.74, 6) is -1.30. The topological polar surface area (TPSA) is 90.3 Å². The van der Waals surface area contributed by atoms with Gasteiger partial charge in [-0.25, -0.2) is 4.68 Å². The molecule has 1 heterocycles. The molecule has 1 aliphatic rings. The van der Waals surface area contributed by atoms with Crippen molar-refractivity contribution in [3.63, 3.8) is 0 Å². The quantitative estimate of drug-likeness (QED) is 0.532. The molecule has 1 saturated carbocycles. The van der Waals surface area contributed by atoms with E-state index in [-0.39, 0.29) is 22.7 Å². The number of aromatic nitrogens is 1. The molecule has 0 saturated heterocycles. The average molecular weight is 414 g/mol. The summed E-state index contributed by atoms with van der Waals surface area (Å²) in [6.45, 7) is 1.94. The van der Waals surface area contributed by atoms with E-state index < -0.39 is 11.5 Å². The molecule has 8 heteroatoms. The first-order chi connectivity index (χ1) is 11.1. The maximum absolute atomic E-state index is 9.84. The Hall–Kier alpha value is -1.80. The highest BCUT2D eigenvalue weighted by Crippen LogP contribution is 2.36. The summed E-state index contributed by atoms with van der Waals surface area (Å²) in [7, 11) is 0. The minimum atomic E-state index is -0.545. The normalized spacial score (nSPS) is 16.0. The third-order valence-electron chi connectivity index (χ3n) is 3.94. The van der Waals surface area contributed by atoms with E-state index in [0.29, 0.717) is 11.6 Å². The van der Waals surface area contributed by atoms with E-state index >= 15 is 0 Å². The largest absolute Gasteiger partial charge is 0.504 e. The molecule has 0 unspecified atom stereocenters. The van der Waals surface area contributed by atoms with Gasteiger partial charge in [-0.15, -0.1) is 28.3 Å². The Morgan fingerprint density at radius 3 is 2.58 bits per heavy atom. The van der Waals surface area contributed by atoms with Crippen molar-refractivity contribution in [3.8, 4) is 17.2 Å². The fourth-order valence-electron chi connectivity index (χ4n) is 2.61. The van der Waals surface area contributed by atoms with Crippen LogP contribution in [-0.2, 0) is 0 Å². The van der Waals surface area contributed by atoms with Crippen molar-refractivity contribution in [3.05, 3.63) is 33.6 Å². The van der Waals surface area contributed by atoms with Crippen LogP contribution >= 0.6 is 28.3 Å².